The van der Waals surface area contributed by atoms with Gasteiger partial charge in [-0.25, -0.2) is 10.2 Å². The Kier molecular flexibility index (Phi) is 4.41. The Bertz CT molecular complexity index is 643. The summed E-state index contributed by atoms with van der Waals surface area (Å²) < 4.78 is 24.5. The third-order valence-electron chi connectivity index (χ3n) is 2.65. The van der Waals surface area contributed by atoms with Crippen LogP contribution in [0.3, 0.4) is 0 Å². The van der Waals surface area contributed by atoms with Crippen LogP contribution in [-0.4, -0.2) is 5.91 Å². The van der Waals surface area contributed by atoms with Crippen molar-refractivity contribution in [3.8, 4) is 5.75 Å². The number of hydrazine groups is 1. The highest BCUT2D eigenvalue weighted by Crippen LogP contribution is 2.27. The van der Waals surface area contributed by atoms with E-state index in [1.165, 1.54) is 18.2 Å². The van der Waals surface area contributed by atoms with Gasteiger partial charge in [0.1, 0.15) is 23.9 Å². The van der Waals surface area contributed by atoms with E-state index in [4.69, 9.17) is 15.0 Å². The Labute approximate surface area is 123 Å². The zero-order valence-electron chi connectivity index (χ0n) is 10.6. The number of nitrogen functional groups attached to an aromatic ring is 1. The van der Waals surface area contributed by atoms with Gasteiger partial charge in [0.2, 0.25) is 0 Å². The fourth-order valence-corrected chi connectivity index (χ4v) is 1.95. The van der Waals surface area contributed by atoms with Gasteiger partial charge in [0.05, 0.1) is 4.47 Å². The maximum atomic E-state index is 13.1. The van der Waals surface area contributed by atoms with Crippen molar-refractivity contribution < 1.29 is 18.3 Å². The first kappa shape index (κ1) is 14.5. The molecule has 20 heavy (non-hydrogen) atoms. The molecule has 2 rings (SSSR count). The summed E-state index contributed by atoms with van der Waals surface area (Å²) in [4.78, 5) is 11.3. The standard InChI is InChI=1S/C13H12BrFN2O3/c1-7-8(4-12(20-7)13(18)17-16)6-19-11-5-9(15)2-3-10(11)14/h2-5H,6,16H2,1H3,(H,17,18). The molecule has 1 heterocycles. The van der Waals surface area contributed by atoms with E-state index < -0.39 is 11.7 Å². The van der Waals surface area contributed by atoms with Gasteiger partial charge in [-0.1, -0.05) is 0 Å². The molecule has 3 N–H and O–H groups in total. The van der Waals surface area contributed by atoms with Gasteiger partial charge in [-0.15, -0.1) is 0 Å². The first-order valence-corrected chi connectivity index (χ1v) is 6.48. The van der Waals surface area contributed by atoms with Gasteiger partial charge >= 0.3 is 5.91 Å². The molecule has 7 heteroatoms. The fraction of sp³-hybridized carbons (Fsp3) is 0.154. The zero-order valence-corrected chi connectivity index (χ0v) is 12.2. The summed E-state index contributed by atoms with van der Waals surface area (Å²) >= 11 is 3.27. The lowest BCUT2D eigenvalue weighted by molar-refractivity contribution is 0.0924. The van der Waals surface area contributed by atoms with Gasteiger partial charge < -0.3 is 9.15 Å². The molecule has 106 valence electrons. The molecule has 0 aliphatic heterocycles. The van der Waals surface area contributed by atoms with Crippen molar-refractivity contribution in [2.75, 3.05) is 0 Å². The van der Waals surface area contributed by atoms with E-state index in [-0.39, 0.29) is 12.4 Å². The molecule has 0 saturated heterocycles. The van der Waals surface area contributed by atoms with Crippen molar-refractivity contribution in [1.29, 1.82) is 0 Å². The van der Waals surface area contributed by atoms with Crippen LogP contribution < -0.4 is 16.0 Å². The summed E-state index contributed by atoms with van der Waals surface area (Å²) in [6, 6.07) is 5.68. The number of rotatable bonds is 4. The Hall–Kier alpha value is -1.86. The summed E-state index contributed by atoms with van der Waals surface area (Å²) in [6.45, 7) is 1.85. The van der Waals surface area contributed by atoms with Crippen molar-refractivity contribution in [3.05, 3.63) is 51.6 Å². The van der Waals surface area contributed by atoms with E-state index in [0.717, 1.165) is 0 Å². The van der Waals surface area contributed by atoms with Gasteiger partial charge in [-0.3, -0.25) is 10.2 Å². The molecule has 0 atom stereocenters. The van der Waals surface area contributed by atoms with Crippen molar-refractivity contribution >= 4 is 21.8 Å². The Morgan fingerprint density at radius 3 is 2.95 bits per heavy atom. The molecule has 0 aliphatic carbocycles. The van der Waals surface area contributed by atoms with Crippen molar-refractivity contribution in [3.63, 3.8) is 0 Å². The van der Waals surface area contributed by atoms with E-state index in [1.807, 2.05) is 5.43 Å². The van der Waals surface area contributed by atoms with Crippen LogP contribution in [-0.2, 0) is 6.61 Å². The maximum Gasteiger partial charge on any atom is 0.300 e. The van der Waals surface area contributed by atoms with Crippen molar-refractivity contribution in [1.82, 2.24) is 5.43 Å². The topological polar surface area (TPSA) is 77.5 Å². The monoisotopic (exact) mass is 342 g/mol. The average molecular weight is 343 g/mol. The lowest BCUT2D eigenvalue weighted by atomic mass is 10.2. The van der Waals surface area contributed by atoms with Crippen LogP contribution in [0.4, 0.5) is 4.39 Å². The second-order valence-electron chi connectivity index (χ2n) is 4.03. The number of nitrogens with two attached hydrogens (primary N) is 1. The summed E-state index contributed by atoms with van der Waals surface area (Å²) in [5.74, 6) is 5.12. The van der Waals surface area contributed by atoms with Crippen LogP contribution in [0.5, 0.6) is 5.75 Å². The number of hydrogen-bond acceptors (Lipinski definition) is 4. The average Bonchev–Trinajstić information content (AvgIpc) is 2.80. The summed E-state index contributed by atoms with van der Waals surface area (Å²) in [5, 5.41) is 0. The van der Waals surface area contributed by atoms with E-state index in [1.54, 1.807) is 13.0 Å². The number of benzene rings is 1. The summed E-state index contributed by atoms with van der Waals surface area (Å²) in [6.07, 6.45) is 0. The van der Waals surface area contributed by atoms with Crippen LogP contribution >= 0.6 is 15.9 Å². The number of nitrogens with one attached hydrogen (secondary N) is 1. The molecule has 2 aromatic rings. The van der Waals surface area contributed by atoms with Gasteiger partial charge in [0.15, 0.2) is 5.76 Å². The molecule has 0 aliphatic rings. The number of amides is 1. The molecule has 1 aromatic heterocycles. The number of carbonyl (C=O) groups is 1. The highest BCUT2D eigenvalue weighted by Gasteiger charge is 2.14. The molecular formula is C13H12BrFN2O3. The highest BCUT2D eigenvalue weighted by atomic mass is 79.9. The fourth-order valence-electron chi connectivity index (χ4n) is 1.59. The summed E-state index contributed by atoms with van der Waals surface area (Å²) in [5.41, 5.74) is 2.66. The predicted octanol–water partition coefficient (Wildman–Crippen LogP) is 2.67. The van der Waals surface area contributed by atoms with Crippen LogP contribution in [0.15, 0.2) is 33.2 Å². The number of hydrogen-bond donors (Lipinski definition) is 2. The van der Waals surface area contributed by atoms with Crippen LogP contribution in [0, 0.1) is 12.7 Å². The van der Waals surface area contributed by atoms with E-state index in [2.05, 4.69) is 15.9 Å². The van der Waals surface area contributed by atoms with Crippen LogP contribution in [0.25, 0.3) is 0 Å². The van der Waals surface area contributed by atoms with Gasteiger partial charge in [-0.2, -0.15) is 0 Å². The van der Waals surface area contributed by atoms with Crippen LogP contribution in [0.2, 0.25) is 0 Å². The highest BCUT2D eigenvalue weighted by molar-refractivity contribution is 9.10. The number of carbonyl (C=O) groups excluding carboxylic acids is 1. The van der Waals surface area contributed by atoms with Gasteiger partial charge in [0.25, 0.3) is 0 Å². The quantitative estimate of drug-likeness (QED) is 0.508. The molecular weight excluding hydrogens is 331 g/mol. The third kappa shape index (κ3) is 3.17. The minimum atomic E-state index is -0.522. The molecule has 0 saturated carbocycles. The number of ether oxygens (including phenoxy) is 1. The molecule has 0 bridgehead atoms. The number of halogens is 2. The molecule has 1 amide bonds. The molecule has 0 fully saturated rings. The smallest absolute Gasteiger partial charge is 0.300 e. The Balaban J connectivity index is 2.13. The predicted molar refractivity (Wildman–Crippen MR) is 73.5 cm³/mol. The largest absolute Gasteiger partial charge is 0.487 e. The lowest BCUT2D eigenvalue weighted by Crippen LogP contribution is -2.29. The minimum absolute atomic E-state index is 0.0990. The second kappa shape index (κ2) is 6.06. The first-order chi connectivity index (χ1) is 9.51. The number of aryl methyl sites for hydroxylation is 1. The van der Waals surface area contributed by atoms with Gasteiger partial charge in [0, 0.05) is 11.6 Å². The first-order valence-electron chi connectivity index (χ1n) is 5.69. The zero-order chi connectivity index (χ0) is 14.7. The molecule has 0 spiro atoms. The Morgan fingerprint density at radius 2 is 2.25 bits per heavy atom. The number of furan rings is 1. The van der Waals surface area contributed by atoms with E-state index in [9.17, 15) is 9.18 Å². The van der Waals surface area contributed by atoms with Crippen molar-refractivity contribution in [2.24, 2.45) is 5.84 Å². The Morgan fingerprint density at radius 1 is 1.50 bits per heavy atom. The molecule has 0 radical (unpaired) electrons. The van der Waals surface area contributed by atoms with E-state index >= 15 is 0 Å². The van der Waals surface area contributed by atoms with E-state index in [0.29, 0.717) is 21.5 Å². The molecule has 0 unspecified atom stereocenters. The molecule has 5 nitrogen and oxygen atoms in total. The summed E-state index contributed by atoms with van der Waals surface area (Å²) in [7, 11) is 0. The normalized spacial score (nSPS) is 10.4. The minimum Gasteiger partial charge on any atom is -0.487 e. The SMILES string of the molecule is Cc1oc(C(=O)NN)cc1COc1cc(F)ccc1Br. The lowest BCUT2D eigenvalue weighted by Gasteiger charge is -2.07. The third-order valence-corrected chi connectivity index (χ3v) is 3.31. The second-order valence-corrected chi connectivity index (χ2v) is 4.88. The van der Waals surface area contributed by atoms with Crippen LogP contribution in [0.1, 0.15) is 21.9 Å². The maximum absolute atomic E-state index is 13.1. The van der Waals surface area contributed by atoms with Crippen molar-refractivity contribution in [2.45, 2.75) is 13.5 Å². The molecule has 1 aromatic carbocycles. The van der Waals surface area contributed by atoms with Gasteiger partial charge in [-0.05, 0) is 41.1 Å².